The molecule has 0 radical (unpaired) electrons. The van der Waals surface area contributed by atoms with Crippen LogP contribution in [0.2, 0.25) is 0 Å². The summed E-state index contributed by atoms with van der Waals surface area (Å²) in [7, 11) is 0. The van der Waals surface area contributed by atoms with Gasteiger partial charge in [0.05, 0.1) is 24.4 Å². The Morgan fingerprint density at radius 1 is 0.889 bits per heavy atom. The van der Waals surface area contributed by atoms with Gasteiger partial charge in [-0.25, -0.2) is 9.59 Å². The molecule has 1 N–H and O–H groups in total. The van der Waals surface area contributed by atoms with E-state index in [2.05, 4.69) is 9.47 Å². The molecule has 0 unspecified atom stereocenters. The van der Waals surface area contributed by atoms with Crippen LogP contribution in [0.4, 0.5) is 26.3 Å². The molecule has 0 aromatic rings. The highest BCUT2D eigenvalue weighted by atomic mass is 19.4. The van der Waals surface area contributed by atoms with Gasteiger partial charge in [0.15, 0.2) is 0 Å². The number of nitrogens with one attached hydrogen (secondary N) is 1. The third-order valence-corrected chi connectivity index (χ3v) is 3.63. The maximum absolute atomic E-state index is 13.4. The largest absolute Gasteiger partial charge is 0.463 e. The van der Waals surface area contributed by atoms with Crippen LogP contribution in [0.3, 0.4) is 0 Å². The molecular formula is C16H19F6NO4. The monoisotopic (exact) mass is 403 g/mol. The van der Waals surface area contributed by atoms with E-state index < -0.39 is 58.7 Å². The predicted octanol–water partition coefficient (Wildman–Crippen LogP) is 3.62. The molecule has 0 bridgehead atoms. The standard InChI is InChI=1S/C16H19F6NO4/c1-5-26-13(24)9-8(7(3)4)10(14(25)27-6-2)12(16(20,21)22)23-11(9)15(17,18)19/h7-8,23H,5-6H2,1-4H3. The number of carbonyl (C=O) groups is 2. The van der Waals surface area contributed by atoms with Crippen molar-refractivity contribution in [3.05, 3.63) is 22.5 Å². The summed E-state index contributed by atoms with van der Waals surface area (Å²) in [6, 6.07) is 0. The van der Waals surface area contributed by atoms with Crippen LogP contribution in [-0.4, -0.2) is 37.5 Å². The van der Waals surface area contributed by atoms with Crippen LogP contribution in [0, 0.1) is 11.8 Å². The lowest BCUT2D eigenvalue weighted by molar-refractivity contribution is -0.145. The average Bonchev–Trinajstić information content (AvgIpc) is 2.51. The van der Waals surface area contributed by atoms with Gasteiger partial charge in [-0.1, -0.05) is 13.8 Å². The van der Waals surface area contributed by atoms with Gasteiger partial charge in [0.2, 0.25) is 0 Å². The van der Waals surface area contributed by atoms with Crippen molar-refractivity contribution in [2.45, 2.75) is 40.0 Å². The molecule has 154 valence electrons. The van der Waals surface area contributed by atoms with E-state index in [9.17, 15) is 35.9 Å². The number of hydrogen-bond acceptors (Lipinski definition) is 5. The van der Waals surface area contributed by atoms with Crippen LogP contribution in [-0.2, 0) is 19.1 Å². The molecule has 5 nitrogen and oxygen atoms in total. The maximum Gasteiger partial charge on any atom is 0.431 e. The van der Waals surface area contributed by atoms with Gasteiger partial charge >= 0.3 is 24.3 Å². The highest BCUT2D eigenvalue weighted by molar-refractivity contribution is 5.98. The van der Waals surface area contributed by atoms with E-state index in [4.69, 9.17) is 0 Å². The van der Waals surface area contributed by atoms with Crippen molar-refractivity contribution < 1.29 is 45.4 Å². The second-order valence-corrected chi connectivity index (χ2v) is 5.86. The summed E-state index contributed by atoms with van der Waals surface area (Å²) in [5.41, 5.74) is -5.98. The van der Waals surface area contributed by atoms with Gasteiger partial charge in [-0.2, -0.15) is 26.3 Å². The minimum atomic E-state index is -5.31. The number of rotatable bonds is 5. The van der Waals surface area contributed by atoms with Gasteiger partial charge in [0.1, 0.15) is 11.4 Å². The van der Waals surface area contributed by atoms with Crippen molar-refractivity contribution in [3.63, 3.8) is 0 Å². The van der Waals surface area contributed by atoms with Gasteiger partial charge in [-0.15, -0.1) is 0 Å². The highest BCUT2D eigenvalue weighted by Crippen LogP contribution is 2.44. The Morgan fingerprint density at radius 3 is 1.44 bits per heavy atom. The van der Waals surface area contributed by atoms with Crippen molar-refractivity contribution in [1.29, 1.82) is 0 Å². The third-order valence-electron chi connectivity index (χ3n) is 3.63. The molecule has 1 aliphatic rings. The SMILES string of the molecule is CCOC(=O)C1=C(C(F)(F)F)NC(C(F)(F)F)=C(C(=O)OCC)C1C(C)C. The number of carbonyl (C=O) groups excluding carboxylic acids is 2. The summed E-state index contributed by atoms with van der Waals surface area (Å²) in [5.74, 6) is -5.71. The molecule has 0 aromatic heterocycles. The summed E-state index contributed by atoms with van der Waals surface area (Å²) < 4.78 is 89.8. The molecule has 0 amide bonds. The number of hydrogen-bond donors (Lipinski definition) is 1. The smallest absolute Gasteiger partial charge is 0.431 e. The Hall–Kier alpha value is -2.20. The number of ether oxygens (including phenoxy) is 2. The Morgan fingerprint density at radius 2 is 1.22 bits per heavy atom. The lowest BCUT2D eigenvalue weighted by Gasteiger charge is -2.35. The topological polar surface area (TPSA) is 64.6 Å². The second kappa shape index (κ2) is 8.22. The van der Waals surface area contributed by atoms with Gasteiger partial charge < -0.3 is 14.8 Å². The van der Waals surface area contributed by atoms with Gasteiger partial charge in [0, 0.05) is 5.92 Å². The molecule has 0 fully saturated rings. The Bertz CT molecular complexity index is 609. The molecule has 0 spiro atoms. The molecule has 11 heteroatoms. The van der Waals surface area contributed by atoms with Crippen LogP contribution in [0.25, 0.3) is 0 Å². The normalized spacial score (nSPS) is 16.6. The van der Waals surface area contributed by atoms with E-state index in [1.165, 1.54) is 33.0 Å². The van der Waals surface area contributed by atoms with Crippen LogP contribution in [0.15, 0.2) is 22.5 Å². The zero-order chi connectivity index (χ0) is 21.2. The van der Waals surface area contributed by atoms with E-state index >= 15 is 0 Å². The summed E-state index contributed by atoms with van der Waals surface area (Å²) >= 11 is 0. The third kappa shape index (κ3) is 4.95. The first-order valence-electron chi connectivity index (χ1n) is 8.01. The molecule has 0 saturated carbocycles. The molecule has 0 aromatic carbocycles. The van der Waals surface area contributed by atoms with Crippen molar-refractivity contribution in [3.8, 4) is 0 Å². The van der Waals surface area contributed by atoms with Gasteiger partial charge in [-0.05, 0) is 19.8 Å². The molecule has 1 rings (SSSR count). The summed E-state index contributed by atoms with van der Waals surface area (Å²) in [4.78, 5) is 24.4. The zero-order valence-electron chi connectivity index (χ0n) is 15.0. The van der Waals surface area contributed by atoms with Crippen LogP contribution in [0.1, 0.15) is 27.7 Å². The molecule has 27 heavy (non-hydrogen) atoms. The fraction of sp³-hybridized carbons (Fsp3) is 0.625. The first-order valence-corrected chi connectivity index (χ1v) is 8.01. The molecular weight excluding hydrogens is 384 g/mol. The first-order chi connectivity index (χ1) is 12.3. The molecule has 1 aliphatic heterocycles. The van der Waals surface area contributed by atoms with E-state index in [-0.39, 0.29) is 13.2 Å². The highest BCUT2D eigenvalue weighted by Gasteiger charge is 2.53. The predicted molar refractivity (Wildman–Crippen MR) is 80.9 cm³/mol. The van der Waals surface area contributed by atoms with E-state index in [1.807, 2.05) is 0 Å². The molecule has 1 heterocycles. The van der Waals surface area contributed by atoms with Crippen molar-refractivity contribution in [2.24, 2.45) is 11.8 Å². The molecule has 0 saturated heterocycles. The van der Waals surface area contributed by atoms with Gasteiger partial charge in [-0.3, -0.25) is 0 Å². The maximum atomic E-state index is 13.4. The van der Waals surface area contributed by atoms with Crippen LogP contribution < -0.4 is 5.32 Å². The summed E-state index contributed by atoms with van der Waals surface area (Å²) in [6.45, 7) is 4.63. The first kappa shape index (κ1) is 22.8. The van der Waals surface area contributed by atoms with E-state index in [0.29, 0.717) is 0 Å². The molecule has 0 atom stereocenters. The fourth-order valence-electron chi connectivity index (χ4n) is 2.70. The Balaban J connectivity index is 3.83. The number of dihydropyridines is 1. The summed E-state index contributed by atoms with van der Waals surface area (Å²) in [5, 5.41) is 1.20. The summed E-state index contributed by atoms with van der Waals surface area (Å²) in [6.07, 6.45) is -10.6. The van der Waals surface area contributed by atoms with Crippen LogP contribution in [0.5, 0.6) is 0 Å². The molecule has 0 aliphatic carbocycles. The average molecular weight is 403 g/mol. The number of alkyl halides is 6. The van der Waals surface area contributed by atoms with Crippen molar-refractivity contribution >= 4 is 11.9 Å². The van der Waals surface area contributed by atoms with Crippen molar-refractivity contribution in [2.75, 3.05) is 13.2 Å². The minimum Gasteiger partial charge on any atom is -0.463 e. The van der Waals surface area contributed by atoms with Gasteiger partial charge in [0.25, 0.3) is 0 Å². The van der Waals surface area contributed by atoms with E-state index in [0.717, 1.165) is 0 Å². The lowest BCUT2D eigenvalue weighted by atomic mass is 9.77. The number of halogens is 6. The fourth-order valence-corrected chi connectivity index (χ4v) is 2.70. The minimum absolute atomic E-state index is 0.303. The number of esters is 2. The number of allylic oxidation sites excluding steroid dienone is 2. The Kier molecular flexibility index (Phi) is 6.95. The van der Waals surface area contributed by atoms with E-state index in [1.54, 1.807) is 0 Å². The van der Waals surface area contributed by atoms with Crippen molar-refractivity contribution in [1.82, 2.24) is 5.32 Å². The quantitative estimate of drug-likeness (QED) is 0.561. The second-order valence-electron chi connectivity index (χ2n) is 5.86. The van der Waals surface area contributed by atoms with Crippen LogP contribution >= 0.6 is 0 Å². The Labute approximate surface area is 151 Å². The lowest BCUT2D eigenvalue weighted by Crippen LogP contribution is -2.45. The zero-order valence-corrected chi connectivity index (χ0v) is 15.0.